The number of benzene rings is 2. The van der Waals surface area contributed by atoms with Crippen molar-refractivity contribution in [3.05, 3.63) is 64.1 Å². The Hall–Kier alpha value is -2.70. The Morgan fingerprint density at radius 1 is 1.06 bits per heavy atom. The van der Waals surface area contributed by atoms with E-state index in [0.717, 1.165) is 18.4 Å². The Balaban J connectivity index is 2.00. The molecule has 0 atom stereocenters. The number of carbonyl (C=O) groups excluding carboxylic acids is 2. The molecule has 0 aromatic heterocycles. The van der Waals surface area contributed by atoms with Gasteiger partial charge in [-0.3, -0.25) is 4.79 Å². The van der Waals surface area contributed by atoms with E-state index in [4.69, 9.17) is 25.8 Å². The topological polar surface area (TPSA) is 61.8 Å². The van der Waals surface area contributed by atoms with Gasteiger partial charge in [0.05, 0.1) is 12.7 Å². The van der Waals surface area contributed by atoms with Crippen molar-refractivity contribution in [1.82, 2.24) is 0 Å². The predicted octanol–water partition coefficient (Wildman–Crippen LogP) is 6.67. The van der Waals surface area contributed by atoms with Gasteiger partial charge in [0.15, 0.2) is 11.5 Å². The van der Waals surface area contributed by atoms with Gasteiger partial charge < -0.3 is 14.2 Å². The zero-order valence-electron chi connectivity index (χ0n) is 19.3. The molecule has 1 aliphatic heterocycles. The lowest BCUT2D eigenvalue weighted by Crippen LogP contribution is -2.50. The van der Waals surface area contributed by atoms with Crippen molar-refractivity contribution in [1.29, 1.82) is 0 Å². The first kappa shape index (κ1) is 23.5. The van der Waals surface area contributed by atoms with E-state index < -0.39 is 23.2 Å². The fourth-order valence-electron chi connectivity index (χ4n) is 4.39. The maximum Gasteiger partial charge on any atom is 0.513 e. The van der Waals surface area contributed by atoms with Gasteiger partial charge in [0, 0.05) is 10.6 Å². The largest absolute Gasteiger partial charge is 0.513 e. The first-order valence-corrected chi connectivity index (χ1v) is 11.2. The standard InChI is InChI=1S/C26H26ClFO5/c1-25(2)22(29)21(23(26(3,4)33-25)32-24(30)31-5)19-12-15(8-10-17(19)14-6-7-14)18-11-9-16(27)13-20(18)28/h8-14H,6-7H2,1-5H3. The van der Waals surface area contributed by atoms with Gasteiger partial charge in [-0.15, -0.1) is 0 Å². The minimum atomic E-state index is -1.16. The summed E-state index contributed by atoms with van der Waals surface area (Å²) in [5.74, 6) is -0.435. The van der Waals surface area contributed by atoms with Crippen LogP contribution in [0.5, 0.6) is 0 Å². The lowest BCUT2D eigenvalue weighted by Gasteiger charge is -2.42. The zero-order valence-corrected chi connectivity index (χ0v) is 20.0. The molecule has 0 saturated heterocycles. The van der Waals surface area contributed by atoms with Crippen LogP contribution in [0.4, 0.5) is 9.18 Å². The fraction of sp³-hybridized carbons (Fsp3) is 0.385. The van der Waals surface area contributed by atoms with Gasteiger partial charge in [0.2, 0.25) is 0 Å². The van der Waals surface area contributed by atoms with Crippen molar-refractivity contribution < 1.29 is 28.2 Å². The molecule has 0 radical (unpaired) electrons. The molecule has 0 bridgehead atoms. The number of Topliss-reactive ketones (excluding diaryl/α,β-unsaturated/α-hetero) is 1. The Labute approximate surface area is 197 Å². The van der Waals surface area contributed by atoms with Gasteiger partial charge in [-0.2, -0.15) is 0 Å². The van der Waals surface area contributed by atoms with Gasteiger partial charge in [0.25, 0.3) is 0 Å². The Kier molecular flexibility index (Phi) is 5.87. The van der Waals surface area contributed by atoms with Crippen LogP contribution in [-0.4, -0.2) is 30.3 Å². The van der Waals surface area contributed by atoms with Crippen LogP contribution in [-0.2, 0) is 19.0 Å². The third kappa shape index (κ3) is 4.42. The molecule has 1 fully saturated rings. The van der Waals surface area contributed by atoms with Crippen molar-refractivity contribution >= 4 is 29.1 Å². The average Bonchev–Trinajstić information content (AvgIpc) is 3.56. The van der Waals surface area contributed by atoms with Gasteiger partial charge >= 0.3 is 6.16 Å². The molecule has 0 N–H and O–H groups in total. The molecule has 2 aromatic carbocycles. The minimum absolute atomic E-state index is 0.0781. The summed E-state index contributed by atoms with van der Waals surface area (Å²) in [6.45, 7) is 6.84. The summed E-state index contributed by atoms with van der Waals surface area (Å²) in [6, 6.07) is 10.0. The Morgan fingerprint density at radius 3 is 2.36 bits per heavy atom. The summed E-state index contributed by atoms with van der Waals surface area (Å²) in [5.41, 5.74) is 0.502. The van der Waals surface area contributed by atoms with E-state index in [2.05, 4.69) is 0 Å². The summed E-state index contributed by atoms with van der Waals surface area (Å²) in [6.07, 6.45) is 1.03. The number of halogens is 2. The summed E-state index contributed by atoms with van der Waals surface area (Å²) in [4.78, 5) is 25.8. The van der Waals surface area contributed by atoms with Gasteiger partial charge in [-0.05, 0) is 87.4 Å². The predicted molar refractivity (Wildman–Crippen MR) is 123 cm³/mol. The van der Waals surface area contributed by atoms with Crippen molar-refractivity contribution in [2.75, 3.05) is 7.11 Å². The van der Waals surface area contributed by atoms with Crippen molar-refractivity contribution in [3.8, 4) is 11.1 Å². The molecule has 0 spiro atoms. The maximum atomic E-state index is 14.7. The van der Waals surface area contributed by atoms with Crippen LogP contribution in [0, 0.1) is 5.82 Å². The second kappa shape index (κ2) is 8.26. The molecule has 2 aromatic rings. The first-order chi connectivity index (χ1) is 15.4. The SMILES string of the molecule is COC(=O)OC1=C(c2cc(-c3ccc(Cl)cc3F)ccc2C2CC2)C(=O)C(C)(C)OC1(C)C. The first-order valence-electron chi connectivity index (χ1n) is 10.8. The quantitative estimate of drug-likeness (QED) is 0.465. The summed E-state index contributed by atoms with van der Waals surface area (Å²) >= 11 is 5.93. The number of hydrogen-bond donors (Lipinski definition) is 0. The lowest BCUT2D eigenvalue weighted by molar-refractivity contribution is -0.158. The van der Waals surface area contributed by atoms with Crippen LogP contribution in [0.25, 0.3) is 16.7 Å². The van der Waals surface area contributed by atoms with Crippen LogP contribution in [0.15, 0.2) is 42.2 Å². The molecule has 2 aliphatic rings. The number of ether oxygens (including phenoxy) is 3. The highest BCUT2D eigenvalue weighted by molar-refractivity contribution is 6.30. The minimum Gasteiger partial charge on any atom is -0.437 e. The molecular weight excluding hydrogens is 447 g/mol. The summed E-state index contributed by atoms with van der Waals surface area (Å²) < 4.78 is 31.0. The average molecular weight is 473 g/mol. The summed E-state index contributed by atoms with van der Waals surface area (Å²) in [7, 11) is 1.20. The molecule has 0 amide bonds. The van der Waals surface area contributed by atoms with E-state index in [0.29, 0.717) is 21.7 Å². The second-order valence-corrected chi connectivity index (χ2v) is 9.85. The van der Waals surface area contributed by atoms with Gasteiger partial charge in [-0.1, -0.05) is 23.7 Å². The van der Waals surface area contributed by atoms with Crippen molar-refractivity contribution in [3.63, 3.8) is 0 Å². The van der Waals surface area contributed by atoms with Gasteiger partial charge in [0.1, 0.15) is 17.0 Å². The third-order valence-electron chi connectivity index (χ3n) is 5.99. The van der Waals surface area contributed by atoms with E-state index in [1.54, 1.807) is 45.9 Å². The van der Waals surface area contributed by atoms with E-state index in [9.17, 15) is 14.0 Å². The van der Waals surface area contributed by atoms with Crippen LogP contribution in [0.3, 0.4) is 0 Å². The van der Waals surface area contributed by atoms with Gasteiger partial charge in [-0.25, -0.2) is 9.18 Å². The highest BCUT2D eigenvalue weighted by Gasteiger charge is 2.49. The van der Waals surface area contributed by atoms with Crippen LogP contribution in [0.2, 0.25) is 5.02 Å². The second-order valence-electron chi connectivity index (χ2n) is 9.41. The Bertz CT molecular complexity index is 1180. The molecule has 33 heavy (non-hydrogen) atoms. The number of rotatable bonds is 4. The maximum absolute atomic E-state index is 14.7. The molecule has 0 unspecified atom stereocenters. The molecule has 1 saturated carbocycles. The molecule has 174 valence electrons. The normalized spacial score (nSPS) is 19.4. The molecule has 5 nitrogen and oxygen atoms in total. The Morgan fingerprint density at radius 2 is 1.76 bits per heavy atom. The highest BCUT2D eigenvalue weighted by Crippen LogP contribution is 2.48. The molecular formula is C26H26ClFO5. The summed E-state index contributed by atoms with van der Waals surface area (Å²) in [5, 5.41) is 0.297. The molecule has 1 aliphatic carbocycles. The van der Waals surface area contributed by atoms with Crippen LogP contribution >= 0.6 is 11.6 Å². The van der Waals surface area contributed by atoms with E-state index in [-0.39, 0.29) is 23.0 Å². The molecule has 7 heteroatoms. The van der Waals surface area contributed by atoms with Crippen LogP contribution < -0.4 is 0 Å². The highest BCUT2D eigenvalue weighted by atomic mass is 35.5. The number of carbonyl (C=O) groups is 2. The van der Waals surface area contributed by atoms with E-state index >= 15 is 0 Å². The molecule has 4 rings (SSSR count). The van der Waals surface area contributed by atoms with E-state index in [1.165, 1.54) is 13.2 Å². The number of hydrogen-bond acceptors (Lipinski definition) is 5. The monoisotopic (exact) mass is 472 g/mol. The smallest absolute Gasteiger partial charge is 0.437 e. The van der Waals surface area contributed by atoms with Crippen molar-refractivity contribution in [2.24, 2.45) is 0 Å². The van der Waals surface area contributed by atoms with Crippen LogP contribution in [0.1, 0.15) is 57.6 Å². The lowest BCUT2D eigenvalue weighted by atomic mass is 9.80. The molecule has 1 heterocycles. The zero-order chi connectivity index (χ0) is 24.1. The van der Waals surface area contributed by atoms with E-state index in [1.807, 2.05) is 12.1 Å². The van der Waals surface area contributed by atoms with Crippen molar-refractivity contribution in [2.45, 2.75) is 57.7 Å². The number of methoxy groups -OCH3 is 1. The third-order valence-corrected chi connectivity index (χ3v) is 6.23. The number of ketones is 1. The fourth-order valence-corrected chi connectivity index (χ4v) is 4.55.